The van der Waals surface area contributed by atoms with Crippen molar-refractivity contribution in [1.82, 2.24) is 10.2 Å². The number of piperidine rings is 1. The second kappa shape index (κ2) is 8.83. The van der Waals surface area contributed by atoms with Crippen LogP contribution in [0.15, 0.2) is 24.3 Å². The number of hydrogen-bond donors (Lipinski definition) is 2. The molecule has 154 valence electrons. The minimum Gasteiger partial charge on any atom is -0.371 e. The fourth-order valence-corrected chi connectivity index (χ4v) is 4.99. The Morgan fingerprint density at radius 1 is 1.11 bits per heavy atom. The molecule has 0 unspecified atom stereocenters. The average molecular weight is 385 g/mol. The van der Waals surface area contributed by atoms with Gasteiger partial charge in [0.1, 0.15) is 0 Å². The minimum atomic E-state index is 0.234. The van der Waals surface area contributed by atoms with Crippen LogP contribution in [0.25, 0.3) is 0 Å². The van der Waals surface area contributed by atoms with Gasteiger partial charge in [-0.25, -0.2) is 0 Å². The first kappa shape index (κ1) is 19.7. The normalized spacial score (nSPS) is 26.6. The van der Waals surface area contributed by atoms with Gasteiger partial charge in [-0.1, -0.05) is 12.1 Å². The maximum atomic E-state index is 12.7. The van der Waals surface area contributed by atoms with Gasteiger partial charge in [-0.3, -0.25) is 9.69 Å². The van der Waals surface area contributed by atoms with Gasteiger partial charge in [-0.15, -0.1) is 0 Å². The molecule has 1 aromatic carbocycles. The highest BCUT2D eigenvalue weighted by atomic mass is 16.1. The highest BCUT2D eigenvalue weighted by Gasteiger charge is 2.37. The number of nitrogens with zero attached hydrogens (tertiary/aromatic N) is 2. The number of likely N-dealkylation sites (tertiary alicyclic amines) is 1. The van der Waals surface area contributed by atoms with E-state index in [1.54, 1.807) is 0 Å². The molecule has 3 aliphatic rings. The summed E-state index contributed by atoms with van der Waals surface area (Å²) in [6.45, 7) is 6.04. The second-order valence-electron chi connectivity index (χ2n) is 9.13. The van der Waals surface area contributed by atoms with Crippen LogP contribution in [0.4, 0.5) is 5.69 Å². The summed E-state index contributed by atoms with van der Waals surface area (Å²) < 4.78 is 0. The van der Waals surface area contributed by atoms with Gasteiger partial charge in [0.15, 0.2) is 0 Å². The number of carbonyl (C=O) groups excluding carboxylic acids is 1. The van der Waals surface area contributed by atoms with Gasteiger partial charge in [-0.05, 0) is 69.1 Å². The number of nitrogens with two attached hydrogens (primary N) is 1. The van der Waals surface area contributed by atoms with Crippen LogP contribution < -0.4 is 16.0 Å². The molecule has 1 amide bonds. The van der Waals surface area contributed by atoms with E-state index in [0.29, 0.717) is 24.5 Å². The van der Waals surface area contributed by atoms with Crippen LogP contribution in [-0.2, 0) is 4.79 Å². The molecule has 5 heteroatoms. The summed E-state index contributed by atoms with van der Waals surface area (Å²) in [6.07, 6.45) is 7.67. The summed E-state index contributed by atoms with van der Waals surface area (Å²) in [5.74, 6) is 1.08. The SMILES string of the molecule is Cc1cccc(N2CCC(NC(=O)C[C@@H]3CC[C@H](CN)N3CC3CC3)CC2)c1. The standard InChI is InChI=1S/C23H36N4O/c1-17-3-2-4-20(13-17)26-11-9-19(10-12-26)25-23(28)14-21-7-8-22(15-24)27(21)16-18-5-6-18/h2-4,13,18-19,21-22H,5-12,14-16,24H2,1H3,(H,25,28)/t21-,22+/m0/s1. The maximum Gasteiger partial charge on any atom is 0.221 e. The fourth-order valence-electron chi connectivity index (χ4n) is 4.99. The van der Waals surface area contributed by atoms with E-state index < -0.39 is 0 Å². The summed E-state index contributed by atoms with van der Waals surface area (Å²) >= 11 is 0. The molecular formula is C23H36N4O. The van der Waals surface area contributed by atoms with E-state index >= 15 is 0 Å². The van der Waals surface area contributed by atoms with E-state index in [0.717, 1.165) is 57.8 Å². The van der Waals surface area contributed by atoms with Gasteiger partial charge >= 0.3 is 0 Å². The molecule has 1 aliphatic carbocycles. The Kier molecular flexibility index (Phi) is 6.22. The fraction of sp³-hybridized carbons (Fsp3) is 0.696. The van der Waals surface area contributed by atoms with Gasteiger partial charge in [0, 0.05) is 56.4 Å². The zero-order chi connectivity index (χ0) is 19.5. The molecule has 2 heterocycles. The number of benzene rings is 1. The summed E-state index contributed by atoms with van der Waals surface area (Å²) in [7, 11) is 0. The number of carbonyl (C=O) groups is 1. The van der Waals surface area contributed by atoms with Crippen molar-refractivity contribution in [2.45, 2.75) is 70.0 Å². The number of rotatable bonds is 7. The third kappa shape index (κ3) is 4.87. The van der Waals surface area contributed by atoms with E-state index in [4.69, 9.17) is 5.73 Å². The third-order valence-corrected chi connectivity index (χ3v) is 6.86. The molecular weight excluding hydrogens is 348 g/mol. The third-order valence-electron chi connectivity index (χ3n) is 6.86. The molecule has 2 atom stereocenters. The summed E-state index contributed by atoms with van der Waals surface area (Å²) in [5.41, 5.74) is 8.59. The first-order chi connectivity index (χ1) is 13.6. The van der Waals surface area contributed by atoms with Crippen molar-refractivity contribution in [2.75, 3.05) is 31.1 Å². The van der Waals surface area contributed by atoms with Crippen LogP contribution in [0.1, 0.15) is 50.5 Å². The Bertz CT molecular complexity index is 666. The van der Waals surface area contributed by atoms with Gasteiger partial charge in [0.2, 0.25) is 5.91 Å². The molecule has 3 N–H and O–H groups in total. The highest BCUT2D eigenvalue weighted by Crippen LogP contribution is 2.35. The molecule has 2 saturated heterocycles. The van der Waals surface area contributed by atoms with Crippen molar-refractivity contribution in [3.05, 3.63) is 29.8 Å². The molecule has 0 spiro atoms. The van der Waals surface area contributed by atoms with Crippen molar-refractivity contribution < 1.29 is 4.79 Å². The van der Waals surface area contributed by atoms with E-state index in [9.17, 15) is 4.79 Å². The zero-order valence-corrected chi connectivity index (χ0v) is 17.3. The first-order valence-electron chi connectivity index (χ1n) is 11.2. The number of hydrogen-bond acceptors (Lipinski definition) is 4. The lowest BCUT2D eigenvalue weighted by molar-refractivity contribution is -0.123. The average Bonchev–Trinajstić information content (AvgIpc) is 3.43. The van der Waals surface area contributed by atoms with Crippen LogP contribution in [0.3, 0.4) is 0 Å². The summed E-state index contributed by atoms with van der Waals surface area (Å²) in [5, 5.41) is 3.33. The van der Waals surface area contributed by atoms with Gasteiger partial charge < -0.3 is 16.0 Å². The highest BCUT2D eigenvalue weighted by molar-refractivity contribution is 5.77. The Balaban J connectivity index is 1.24. The first-order valence-corrected chi connectivity index (χ1v) is 11.2. The Labute approximate surface area is 169 Å². The largest absolute Gasteiger partial charge is 0.371 e. The zero-order valence-electron chi connectivity index (χ0n) is 17.3. The van der Waals surface area contributed by atoms with Gasteiger partial charge in [0.25, 0.3) is 0 Å². The lowest BCUT2D eigenvalue weighted by Crippen LogP contribution is -2.47. The predicted octanol–water partition coefficient (Wildman–Crippen LogP) is 2.67. The monoisotopic (exact) mass is 384 g/mol. The molecule has 1 aromatic rings. The van der Waals surface area contributed by atoms with Gasteiger partial charge in [0.05, 0.1) is 0 Å². The summed E-state index contributed by atoms with van der Waals surface area (Å²) in [6, 6.07) is 9.90. The lowest BCUT2D eigenvalue weighted by atomic mass is 10.0. The van der Waals surface area contributed by atoms with E-state index in [2.05, 4.69) is 46.3 Å². The molecule has 0 radical (unpaired) electrons. The van der Waals surface area contributed by atoms with Crippen molar-refractivity contribution in [3.8, 4) is 0 Å². The minimum absolute atomic E-state index is 0.234. The smallest absolute Gasteiger partial charge is 0.221 e. The molecule has 28 heavy (non-hydrogen) atoms. The van der Waals surface area contributed by atoms with Crippen LogP contribution in [-0.4, -0.2) is 55.1 Å². The maximum absolute atomic E-state index is 12.7. The molecule has 0 bridgehead atoms. The Morgan fingerprint density at radius 2 is 1.86 bits per heavy atom. The van der Waals surface area contributed by atoms with E-state index in [1.165, 1.54) is 24.1 Å². The van der Waals surface area contributed by atoms with Crippen molar-refractivity contribution in [1.29, 1.82) is 0 Å². The molecule has 4 rings (SSSR count). The molecule has 0 aromatic heterocycles. The topological polar surface area (TPSA) is 61.6 Å². The molecule has 2 aliphatic heterocycles. The predicted molar refractivity (Wildman–Crippen MR) is 114 cm³/mol. The van der Waals surface area contributed by atoms with Crippen LogP contribution in [0, 0.1) is 12.8 Å². The van der Waals surface area contributed by atoms with Crippen molar-refractivity contribution in [3.63, 3.8) is 0 Å². The summed E-state index contributed by atoms with van der Waals surface area (Å²) in [4.78, 5) is 17.7. The van der Waals surface area contributed by atoms with Crippen LogP contribution in [0.2, 0.25) is 0 Å². The number of aryl methyl sites for hydroxylation is 1. The van der Waals surface area contributed by atoms with E-state index in [-0.39, 0.29) is 5.91 Å². The molecule has 3 fully saturated rings. The Morgan fingerprint density at radius 3 is 2.54 bits per heavy atom. The van der Waals surface area contributed by atoms with Gasteiger partial charge in [-0.2, -0.15) is 0 Å². The van der Waals surface area contributed by atoms with Crippen LogP contribution in [0.5, 0.6) is 0 Å². The van der Waals surface area contributed by atoms with Crippen molar-refractivity contribution >= 4 is 11.6 Å². The number of amides is 1. The van der Waals surface area contributed by atoms with E-state index in [1.807, 2.05) is 0 Å². The second-order valence-corrected chi connectivity index (χ2v) is 9.13. The lowest BCUT2D eigenvalue weighted by Gasteiger charge is -2.34. The van der Waals surface area contributed by atoms with Crippen molar-refractivity contribution in [2.24, 2.45) is 11.7 Å². The van der Waals surface area contributed by atoms with Crippen LogP contribution >= 0.6 is 0 Å². The molecule has 1 saturated carbocycles. The quantitative estimate of drug-likeness (QED) is 0.759. The number of anilines is 1. The number of nitrogens with one attached hydrogen (secondary N) is 1. The molecule has 5 nitrogen and oxygen atoms in total. The Hall–Kier alpha value is -1.59.